The fourth-order valence-electron chi connectivity index (χ4n) is 0.928. The summed E-state index contributed by atoms with van der Waals surface area (Å²) in [5.41, 5.74) is 5.05. The Balaban J connectivity index is 2.86. The van der Waals surface area contributed by atoms with E-state index in [1.165, 1.54) is 24.3 Å². The van der Waals surface area contributed by atoms with Gasteiger partial charge in [0.1, 0.15) is 5.75 Å². The van der Waals surface area contributed by atoms with E-state index in [1.54, 1.807) is 0 Å². The molecule has 2 N–H and O–H groups in total. The monoisotopic (exact) mass is 229 g/mol. The number of nitrogens with two attached hydrogens (primary N) is 1. The summed E-state index contributed by atoms with van der Waals surface area (Å²) in [7, 11) is -3.22. The van der Waals surface area contributed by atoms with Gasteiger partial charge in [-0.2, -0.15) is 0 Å². The summed E-state index contributed by atoms with van der Waals surface area (Å²) in [4.78, 5) is 11.0. The maximum Gasteiger partial charge on any atom is 0.325 e. The Morgan fingerprint density at radius 2 is 1.87 bits per heavy atom. The van der Waals surface area contributed by atoms with Crippen LogP contribution in [0.4, 0.5) is 0 Å². The molecular weight excluding hydrogens is 218 g/mol. The highest BCUT2D eigenvalue weighted by Gasteiger charge is 2.07. The third-order valence-corrected chi connectivity index (χ3v) is 2.78. The minimum Gasteiger partial charge on any atom is -0.426 e. The van der Waals surface area contributed by atoms with Crippen LogP contribution in [0, 0.1) is 0 Å². The van der Waals surface area contributed by atoms with E-state index in [4.69, 9.17) is 10.5 Å². The fourth-order valence-corrected chi connectivity index (χ4v) is 1.56. The first-order chi connectivity index (χ1) is 6.93. The topological polar surface area (TPSA) is 86.5 Å². The van der Waals surface area contributed by atoms with Gasteiger partial charge in [-0.15, -0.1) is 0 Å². The van der Waals surface area contributed by atoms with Crippen LogP contribution >= 0.6 is 0 Å². The molecule has 0 amide bonds. The largest absolute Gasteiger partial charge is 0.426 e. The number of carbonyl (C=O) groups is 1. The number of carbonyl (C=O) groups excluding carboxylic acids is 1. The van der Waals surface area contributed by atoms with Crippen molar-refractivity contribution in [1.82, 2.24) is 0 Å². The van der Waals surface area contributed by atoms with Gasteiger partial charge >= 0.3 is 5.97 Å². The molecule has 0 saturated heterocycles. The van der Waals surface area contributed by atoms with Gasteiger partial charge < -0.3 is 10.5 Å². The standard InChI is InChI=1S/C9H11NO4S/c1-15(12,13)8-4-2-7(3-5-8)14-9(11)6-10/h2-5H,6,10H2,1H3. The summed E-state index contributed by atoms with van der Waals surface area (Å²) < 4.78 is 27.0. The van der Waals surface area contributed by atoms with Crippen LogP contribution in [0.3, 0.4) is 0 Å². The molecule has 0 saturated carbocycles. The van der Waals surface area contributed by atoms with Gasteiger partial charge in [-0.1, -0.05) is 0 Å². The van der Waals surface area contributed by atoms with Crippen molar-refractivity contribution in [3.05, 3.63) is 24.3 Å². The summed E-state index contributed by atoms with van der Waals surface area (Å²) >= 11 is 0. The molecule has 6 heteroatoms. The molecule has 1 rings (SSSR count). The average molecular weight is 229 g/mol. The van der Waals surface area contributed by atoms with E-state index in [2.05, 4.69) is 0 Å². The zero-order valence-corrected chi connectivity index (χ0v) is 8.95. The molecule has 0 fully saturated rings. The predicted octanol–water partition coefficient (Wildman–Crippen LogP) is -0.0458. The van der Waals surface area contributed by atoms with Crippen LogP contribution in [0.1, 0.15) is 0 Å². The average Bonchev–Trinajstić information content (AvgIpc) is 2.17. The zero-order chi connectivity index (χ0) is 11.5. The Bertz CT molecular complexity index is 450. The third kappa shape index (κ3) is 3.34. The molecule has 0 aromatic heterocycles. The van der Waals surface area contributed by atoms with Crippen LogP contribution in [-0.4, -0.2) is 27.2 Å². The normalized spacial score (nSPS) is 11.1. The van der Waals surface area contributed by atoms with Crippen LogP contribution in [0.25, 0.3) is 0 Å². The lowest BCUT2D eigenvalue weighted by Gasteiger charge is -2.03. The first-order valence-electron chi connectivity index (χ1n) is 4.14. The third-order valence-electron chi connectivity index (χ3n) is 1.65. The van der Waals surface area contributed by atoms with E-state index in [0.29, 0.717) is 0 Å². The SMILES string of the molecule is CS(=O)(=O)c1ccc(OC(=O)CN)cc1. The first kappa shape index (κ1) is 11.7. The van der Waals surface area contributed by atoms with Gasteiger partial charge in [0.15, 0.2) is 9.84 Å². The minimum atomic E-state index is -3.22. The van der Waals surface area contributed by atoms with Crippen molar-refractivity contribution in [2.45, 2.75) is 4.90 Å². The highest BCUT2D eigenvalue weighted by molar-refractivity contribution is 7.90. The molecule has 82 valence electrons. The summed E-state index contributed by atoms with van der Waals surface area (Å²) in [5.74, 6) is -0.292. The van der Waals surface area contributed by atoms with Crippen LogP contribution < -0.4 is 10.5 Å². The lowest BCUT2D eigenvalue weighted by atomic mass is 10.3. The van der Waals surface area contributed by atoms with E-state index in [9.17, 15) is 13.2 Å². The van der Waals surface area contributed by atoms with Gasteiger partial charge in [0.05, 0.1) is 11.4 Å². The van der Waals surface area contributed by atoms with Gasteiger partial charge in [-0.3, -0.25) is 4.79 Å². The molecule has 0 aliphatic heterocycles. The molecule has 0 bridgehead atoms. The van der Waals surface area contributed by atoms with Crippen LogP contribution in [0.2, 0.25) is 0 Å². The van der Waals surface area contributed by atoms with Gasteiger partial charge in [-0.05, 0) is 24.3 Å². The molecule has 0 unspecified atom stereocenters. The quantitative estimate of drug-likeness (QED) is 0.580. The second kappa shape index (κ2) is 4.41. The minimum absolute atomic E-state index is 0.176. The molecule has 0 atom stereocenters. The van der Waals surface area contributed by atoms with Crippen LogP contribution in [0.5, 0.6) is 5.75 Å². The highest BCUT2D eigenvalue weighted by atomic mass is 32.2. The van der Waals surface area contributed by atoms with E-state index in [0.717, 1.165) is 6.26 Å². The summed E-state index contributed by atoms with van der Waals surface area (Å²) in [6.45, 7) is -0.214. The summed E-state index contributed by atoms with van der Waals surface area (Å²) in [6, 6.07) is 5.55. The molecule has 15 heavy (non-hydrogen) atoms. The summed E-state index contributed by atoms with van der Waals surface area (Å²) in [5, 5.41) is 0. The molecule has 0 spiro atoms. The number of hydrogen-bond donors (Lipinski definition) is 1. The maximum absolute atomic E-state index is 11.1. The number of ether oxygens (including phenoxy) is 1. The van der Waals surface area contributed by atoms with Gasteiger partial charge in [-0.25, -0.2) is 8.42 Å². The highest BCUT2D eigenvalue weighted by Crippen LogP contribution is 2.15. The van der Waals surface area contributed by atoms with Crippen LogP contribution in [0.15, 0.2) is 29.2 Å². The second-order valence-corrected chi connectivity index (χ2v) is 4.94. The van der Waals surface area contributed by atoms with Crippen molar-refractivity contribution in [3.63, 3.8) is 0 Å². The lowest BCUT2D eigenvalue weighted by Crippen LogP contribution is -2.19. The number of sulfone groups is 1. The van der Waals surface area contributed by atoms with Crippen molar-refractivity contribution < 1.29 is 17.9 Å². The Morgan fingerprint density at radius 1 is 1.33 bits per heavy atom. The van der Waals surface area contributed by atoms with Gasteiger partial charge in [0, 0.05) is 6.26 Å². The smallest absolute Gasteiger partial charge is 0.325 e. The number of benzene rings is 1. The maximum atomic E-state index is 11.1. The Kier molecular flexibility index (Phi) is 3.43. The molecule has 1 aromatic carbocycles. The van der Waals surface area contributed by atoms with E-state index in [-0.39, 0.29) is 17.2 Å². The second-order valence-electron chi connectivity index (χ2n) is 2.92. The van der Waals surface area contributed by atoms with Crippen LogP contribution in [-0.2, 0) is 14.6 Å². The molecular formula is C9H11NO4S. The molecule has 0 heterocycles. The number of esters is 1. The zero-order valence-electron chi connectivity index (χ0n) is 8.14. The first-order valence-corrected chi connectivity index (χ1v) is 6.03. The Labute approximate surface area is 87.8 Å². The van der Waals surface area contributed by atoms with Crippen molar-refractivity contribution >= 4 is 15.8 Å². The molecule has 0 radical (unpaired) electrons. The van der Waals surface area contributed by atoms with E-state index in [1.807, 2.05) is 0 Å². The Hall–Kier alpha value is -1.40. The Morgan fingerprint density at radius 3 is 2.27 bits per heavy atom. The predicted molar refractivity (Wildman–Crippen MR) is 54.2 cm³/mol. The van der Waals surface area contributed by atoms with Crippen molar-refractivity contribution in [1.29, 1.82) is 0 Å². The summed E-state index contributed by atoms with van der Waals surface area (Å²) in [6.07, 6.45) is 1.11. The molecule has 1 aromatic rings. The van der Waals surface area contributed by atoms with Crippen molar-refractivity contribution in [2.24, 2.45) is 5.73 Å². The molecule has 0 aliphatic rings. The number of hydrogen-bond acceptors (Lipinski definition) is 5. The van der Waals surface area contributed by atoms with Gasteiger partial charge in [0.2, 0.25) is 0 Å². The van der Waals surface area contributed by atoms with Gasteiger partial charge in [0.25, 0.3) is 0 Å². The fraction of sp³-hybridized carbons (Fsp3) is 0.222. The van der Waals surface area contributed by atoms with Crippen molar-refractivity contribution in [3.8, 4) is 5.75 Å². The molecule has 5 nitrogen and oxygen atoms in total. The number of rotatable bonds is 3. The van der Waals surface area contributed by atoms with Crippen molar-refractivity contribution in [2.75, 3.05) is 12.8 Å². The van der Waals surface area contributed by atoms with E-state index < -0.39 is 15.8 Å². The van der Waals surface area contributed by atoms with E-state index >= 15 is 0 Å². The molecule has 0 aliphatic carbocycles. The lowest BCUT2D eigenvalue weighted by molar-refractivity contribution is -0.132.